The predicted molar refractivity (Wildman–Crippen MR) is 70.6 cm³/mol. The van der Waals surface area contributed by atoms with Gasteiger partial charge in [0, 0.05) is 33.3 Å². The lowest BCUT2D eigenvalue weighted by atomic mass is 10.1. The number of rotatable bonds is 3. The number of amides is 2. The van der Waals surface area contributed by atoms with Gasteiger partial charge >= 0.3 is 12.0 Å². The summed E-state index contributed by atoms with van der Waals surface area (Å²) >= 11 is 0. The summed E-state index contributed by atoms with van der Waals surface area (Å²) in [5.74, 6) is -0.898. The van der Waals surface area contributed by atoms with E-state index >= 15 is 0 Å². The second kappa shape index (κ2) is 6.90. The van der Waals surface area contributed by atoms with E-state index in [-0.39, 0.29) is 18.6 Å². The SMILES string of the molecule is COC1CCN(C(=O)N2CCOC(CC(=O)O)C2)CC1. The van der Waals surface area contributed by atoms with Crippen molar-refractivity contribution in [3.8, 4) is 0 Å². The van der Waals surface area contributed by atoms with Crippen LogP contribution in [0.3, 0.4) is 0 Å². The van der Waals surface area contributed by atoms with Gasteiger partial charge in [-0.15, -0.1) is 0 Å². The van der Waals surface area contributed by atoms with Crippen molar-refractivity contribution in [2.24, 2.45) is 0 Å². The van der Waals surface area contributed by atoms with Gasteiger partial charge in [0.15, 0.2) is 0 Å². The highest BCUT2D eigenvalue weighted by molar-refractivity contribution is 5.75. The predicted octanol–water partition coefficient (Wildman–Crippen LogP) is 0.393. The molecule has 0 bridgehead atoms. The molecule has 114 valence electrons. The lowest BCUT2D eigenvalue weighted by Gasteiger charge is -2.38. The summed E-state index contributed by atoms with van der Waals surface area (Å²) in [6, 6.07) is -0.0155. The number of hydrogen-bond donors (Lipinski definition) is 1. The summed E-state index contributed by atoms with van der Waals surface area (Å²) in [5, 5.41) is 8.79. The Balaban J connectivity index is 1.84. The molecule has 7 heteroatoms. The quantitative estimate of drug-likeness (QED) is 0.812. The number of likely N-dealkylation sites (tertiary alicyclic amines) is 1. The highest BCUT2D eigenvalue weighted by Crippen LogP contribution is 2.17. The third-order valence-electron chi connectivity index (χ3n) is 3.86. The molecule has 0 aromatic rings. The molecule has 2 amide bonds. The standard InChI is InChI=1S/C13H22N2O5/c1-19-10-2-4-14(5-3-10)13(18)15-6-7-20-11(9-15)8-12(16)17/h10-11H,2-9H2,1H3,(H,16,17). The van der Waals surface area contributed by atoms with Gasteiger partial charge in [-0.3, -0.25) is 4.79 Å². The Morgan fingerprint density at radius 1 is 1.25 bits per heavy atom. The Bertz CT molecular complexity index is 355. The number of nitrogens with zero attached hydrogens (tertiary/aromatic N) is 2. The lowest BCUT2D eigenvalue weighted by molar-refractivity contribution is -0.141. The molecule has 0 aromatic heterocycles. The van der Waals surface area contributed by atoms with Gasteiger partial charge in [0.25, 0.3) is 0 Å². The molecule has 2 aliphatic heterocycles. The second-order valence-corrected chi connectivity index (χ2v) is 5.24. The van der Waals surface area contributed by atoms with E-state index in [0.29, 0.717) is 32.8 Å². The lowest BCUT2D eigenvalue weighted by Crippen LogP contribution is -2.53. The zero-order valence-corrected chi connectivity index (χ0v) is 11.8. The summed E-state index contributed by atoms with van der Waals surface area (Å²) < 4.78 is 10.7. The number of hydrogen-bond acceptors (Lipinski definition) is 4. The smallest absolute Gasteiger partial charge is 0.320 e. The number of ether oxygens (including phenoxy) is 2. The molecule has 20 heavy (non-hydrogen) atoms. The maximum atomic E-state index is 12.4. The molecule has 1 unspecified atom stereocenters. The van der Waals surface area contributed by atoms with E-state index in [0.717, 1.165) is 12.8 Å². The summed E-state index contributed by atoms with van der Waals surface area (Å²) in [5.41, 5.74) is 0. The maximum absolute atomic E-state index is 12.4. The maximum Gasteiger partial charge on any atom is 0.320 e. The average Bonchev–Trinajstić information content (AvgIpc) is 2.46. The van der Waals surface area contributed by atoms with Crippen LogP contribution in [0.25, 0.3) is 0 Å². The van der Waals surface area contributed by atoms with Gasteiger partial charge in [-0.05, 0) is 12.8 Å². The first-order chi connectivity index (χ1) is 9.60. The number of carbonyl (C=O) groups excluding carboxylic acids is 1. The summed E-state index contributed by atoms with van der Waals surface area (Å²) in [6.07, 6.45) is 1.48. The van der Waals surface area contributed by atoms with Crippen molar-refractivity contribution < 1.29 is 24.2 Å². The number of aliphatic carboxylic acids is 1. The number of carboxylic acid groups (broad SMARTS) is 1. The zero-order chi connectivity index (χ0) is 14.5. The van der Waals surface area contributed by atoms with Gasteiger partial charge < -0.3 is 24.4 Å². The third kappa shape index (κ3) is 3.83. The normalized spacial score (nSPS) is 24.8. The number of morpholine rings is 1. The van der Waals surface area contributed by atoms with E-state index < -0.39 is 12.1 Å². The minimum atomic E-state index is -0.898. The molecule has 0 aromatic carbocycles. The van der Waals surface area contributed by atoms with Crippen LogP contribution in [-0.4, -0.2) is 79.0 Å². The molecule has 2 aliphatic rings. The molecule has 1 atom stereocenters. The van der Waals surface area contributed by atoms with Gasteiger partial charge in [0.2, 0.25) is 0 Å². The fraction of sp³-hybridized carbons (Fsp3) is 0.846. The molecule has 0 aliphatic carbocycles. The number of piperidine rings is 1. The van der Waals surface area contributed by atoms with Gasteiger partial charge in [-0.1, -0.05) is 0 Å². The minimum Gasteiger partial charge on any atom is -0.481 e. The molecule has 2 saturated heterocycles. The van der Waals surface area contributed by atoms with E-state index in [4.69, 9.17) is 14.6 Å². The number of carbonyl (C=O) groups is 2. The van der Waals surface area contributed by atoms with Crippen LogP contribution in [0, 0.1) is 0 Å². The average molecular weight is 286 g/mol. The van der Waals surface area contributed by atoms with Crippen molar-refractivity contribution in [2.75, 3.05) is 39.9 Å². The van der Waals surface area contributed by atoms with Crippen LogP contribution >= 0.6 is 0 Å². The van der Waals surface area contributed by atoms with Crippen LogP contribution < -0.4 is 0 Å². The van der Waals surface area contributed by atoms with Crippen molar-refractivity contribution in [3.05, 3.63) is 0 Å². The van der Waals surface area contributed by atoms with Crippen molar-refractivity contribution in [1.29, 1.82) is 0 Å². The molecule has 0 saturated carbocycles. The highest BCUT2D eigenvalue weighted by atomic mass is 16.5. The monoisotopic (exact) mass is 286 g/mol. The van der Waals surface area contributed by atoms with E-state index in [9.17, 15) is 9.59 Å². The Hall–Kier alpha value is -1.34. The number of urea groups is 1. The zero-order valence-electron chi connectivity index (χ0n) is 11.8. The molecule has 0 spiro atoms. The fourth-order valence-corrected chi connectivity index (χ4v) is 2.69. The van der Waals surface area contributed by atoms with Gasteiger partial charge in [0.1, 0.15) is 0 Å². The summed E-state index contributed by atoms with van der Waals surface area (Å²) in [7, 11) is 1.70. The van der Waals surface area contributed by atoms with Crippen molar-refractivity contribution in [2.45, 2.75) is 31.5 Å². The van der Waals surface area contributed by atoms with E-state index in [1.807, 2.05) is 4.90 Å². The Kier molecular flexibility index (Phi) is 5.19. The van der Waals surface area contributed by atoms with Crippen LogP contribution in [0.2, 0.25) is 0 Å². The molecular formula is C13H22N2O5. The fourth-order valence-electron chi connectivity index (χ4n) is 2.69. The van der Waals surface area contributed by atoms with Crippen LogP contribution in [0.4, 0.5) is 4.79 Å². The van der Waals surface area contributed by atoms with Crippen molar-refractivity contribution >= 4 is 12.0 Å². The minimum absolute atomic E-state index is 0.0155. The Morgan fingerprint density at radius 3 is 2.55 bits per heavy atom. The van der Waals surface area contributed by atoms with Gasteiger partial charge in [-0.25, -0.2) is 4.79 Å². The van der Waals surface area contributed by atoms with E-state index in [1.54, 1.807) is 12.0 Å². The first-order valence-electron chi connectivity index (χ1n) is 7.00. The number of carboxylic acids is 1. The van der Waals surface area contributed by atoms with Crippen molar-refractivity contribution in [3.63, 3.8) is 0 Å². The molecule has 2 heterocycles. The van der Waals surface area contributed by atoms with Crippen molar-refractivity contribution in [1.82, 2.24) is 9.80 Å². The van der Waals surface area contributed by atoms with Crippen LogP contribution in [-0.2, 0) is 14.3 Å². The second-order valence-electron chi connectivity index (χ2n) is 5.24. The molecule has 2 rings (SSSR count). The Morgan fingerprint density at radius 2 is 1.95 bits per heavy atom. The van der Waals surface area contributed by atoms with Crippen LogP contribution in [0.15, 0.2) is 0 Å². The third-order valence-corrected chi connectivity index (χ3v) is 3.86. The topological polar surface area (TPSA) is 79.3 Å². The van der Waals surface area contributed by atoms with Gasteiger partial charge in [-0.2, -0.15) is 0 Å². The number of methoxy groups -OCH3 is 1. The van der Waals surface area contributed by atoms with Crippen LogP contribution in [0.5, 0.6) is 0 Å². The molecule has 0 radical (unpaired) electrons. The molecular weight excluding hydrogens is 264 g/mol. The van der Waals surface area contributed by atoms with E-state index in [2.05, 4.69) is 0 Å². The summed E-state index contributed by atoms with van der Waals surface area (Å²) in [6.45, 7) is 2.67. The largest absolute Gasteiger partial charge is 0.481 e. The summed E-state index contributed by atoms with van der Waals surface area (Å²) in [4.78, 5) is 26.6. The van der Waals surface area contributed by atoms with Crippen LogP contribution in [0.1, 0.15) is 19.3 Å². The highest BCUT2D eigenvalue weighted by Gasteiger charge is 2.30. The molecule has 7 nitrogen and oxygen atoms in total. The first-order valence-corrected chi connectivity index (χ1v) is 7.00. The first kappa shape index (κ1) is 15.1. The molecule has 2 fully saturated rings. The van der Waals surface area contributed by atoms with Gasteiger partial charge in [0.05, 0.1) is 25.2 Å². The van der Waals surface area contributed by atoms with E-state index in [1.165, 1.54) is 0 Å². The molecule has 1 N–H and O–H groups in total. The Labute approximate surface area is 118 Å².